The molecule has 1 amide bonds. The van der Waals surface area contributed by atoms with Gasteiger partial charge in [0, 0.05) is 22.3 Å². The van der Waals surface area contributed by atoms with Gasteiger partial charge < -0.3 is 10.3 Å². The van der Waals surface area contributed by atoms with Crippen LogP contribution in [0.4, 0.5) is 10.1 Å². The summed E-state index contributed by atoms with van der Waals surface area (Å²) in [5, 5.41) is 15.0. The van der Waals surface area contributed by atoms with Gasteiger partial charge in [-0.15, -0.1) is 5.10 Å². The topological polar surface area (TPSA) is 88.5 Å². The van der Waals surface area contributed by atoms with Gasteiger partial charge in [-0.2, -0.15) is 4.68 Å². The van der Waals surface area contributed by atoms with Gasteiger partial charge in [0.2, 0.25) is 5.91 Å². The number of tetrazole rings is 1. The van der Waals surface area contributed by atoms with Crippen molar-refractivity contribution in [3.63, 3.8) is 0 Å². The van der Waals surface area contributed by atoms with Gasteiger partial charge in [0.25, 0.3) is 0 Å². The van der Waals surface area contributed by atoms with E-state index in [1.807, 2.05) is 19.1 Å². The minimum Gasteiger partial charge on any atom is -0.358 e. The first-order chi connectivity index (χ1) is 13.0. The minimum atomic E-state index is -0.326. The second-order valence-corrected chi connectivity index (χ2v) is 6.33. The molecule has 0 bridgehead atoms. The molecule has 2 aromatic carbocycles. The first-order valence-electron chi connectivity index (χ1n) is 8.43. The van der Waals surface area contributed by atoms with E-state index in [9.17, 15) is 9.18 Å². The van der Waals surface area contributed by atoms with Crippen molar-refractivity contribution in [2.24, 2.45) is 0 Å². The normalized spacial score (nSPS) is 11.1. The maximum absolute atomic E-state index is 13.6. The predicted octanol–water partition coefficient (Wildman–Crippen LogP) is 3.08. The van der Waals surface area contributed by atoms with Crippen molar-refractivity contribution in [2.45, 2.75) is 20.3 Å². The zero-order valence-corrected chi connectivity index (χ0v) is 14.8. The second-order valence-electron chi connectivity index (χ2n) is 6.33. The molecule has 4 aromatic rings. The van der Waals surface area contributed by atoms with E-state index in [0.29, 0.717) is 11.5 Å². The number of hydrogen-bond acceptors (Lipinski definition) is 4. The standard InChI is InChI=1S/C19H17FN6O/c1-11-16(17-8-13(20)6-7-18(17)21-11)10-19(27)22-14-4-3-5-15(9-14)26-12(2)23-24-25-26/h3-9,21H,10H2,1-2H3,(H,22,27). The largest absolute Gasteiger partial charge is 0.358 e. The monoisotopic (exact) mass is 364 g/mol. The smallest absolute Gasteiger partial charge is 0.228 e. The van der Waals surface area contributed by atoms with E-state index in [1.54, 1.807) is 29.8 Å². The number of carbonyl (C=O) groups excluding carboxylic acids is 1. The number of aryl methyl sites for hydroxylation is 2. The Hall–Kier alpha value is -3.55. The first-order valence-corrected chi connectivity index (χ1v) is 8.43. The van der Waals surface area contributed by atoms with Gasteiger partial charge in [-0.25, -0.2) is 4.39 Å². The van der Waals surface area contributed by atoms with Crippen molar-refractivity contribution in [3.8, 4) is 5.69 Å². The predicted molar refractivity (Wildman–Crippen MR) is 99.2 cm³/mol. The van der Waals surface area contributed by atoms with Crippen molar-refractivity contribution >= 4 is 22.5 Å². The van der Waals surface area contributed by atoms with Gasteiger partial charge in [-0.3, -0.25) is 4.79 Å². The van der Waals surface area contributed by atoms with Crippen molar-refractivity contribution in [2.75, 3.05) is 5.32 Å². The van der Waals surface area contributed by atoms with Crippen LogP contribution in [-0.2, 0) is 11.2 Å². The number of carbonyl (C=O) groups is 1. The molecule has 0 spiro atoms. The molecule has 2 heterocycles. The summed E-state index contributed by atoms with van der Waals surface area (Å²) in [5.41, 5.74) is 3.84. The fourth-order valence-electron chi connectivity index (χ4n) is 3.13. The molecule has 136 valence electrons. The molecule has 2 N–H and O–H groups in total. The SMILES string of the molecule is Cc1[nH]c2ccc(F)cc2c1CC(=O)Nc1cccc(-n2nnnc2C)c1. The van der Waals surface area contributed by atoms with Crippen LogP contribution in [0.5, 0.6) is 0 Å². The third-order valence-corrected chi connectivity index (χ3v) is 4.42. The summed E-state index contributed by atoms with van der Waals surface area (Å²) in [5.74, 6) is 0.136. The maximum atomic E-state index is 13.6. The molecule has 0 saturated heterocycles. The van der Waals surface area contributed by atoms with Crippen LogP contribution in [0.25, 0.3) is 16.6 Å². The average Bonchev–Trinajstić information content (AvgIpc) is 3.19. The minimum absolute atomic E-state index is 0.142. The molecular formula is C19H17FN6O. The average molecular weight is 364 g/mol. The van der Waals surface area contributed by atoms with Crippen LogP contribution >= 0.6 is 0 Å². The molecule has 0 radical (unpaired) electrons. The number of amides is 1. The third-order valence-electron chi connectivity index (χ3n) is 4.42. The zero-order chi connectivity index (χ0) is 19.0. The van der Waals surface area contributed by atoms with E-state index in [4.69, 9.17) is 0 Å². The molecule has 0 saturated carbocycles. The van der Waals surface area contributed by atoms with Crippen LogP contribution in [0.3, 0.4) is 0 Å². The number of anilines is 1. The molecule has 0 atom stereocenters. The van der Waals surface area contributed by atoms with Crippen LogP contribution in [0, 0.1) is 19.7 Å². The highest BCUT2D eigenvalue weighted by Crippen LogP contribution is 2.24. The molecular weight excluding hydrogens is 347 g/mol. The van der Waals surface area contributed by atoms with E-state index >= 15 is 0 Å². The van der Waals surface area contributed by atoms with E-state index in [2.05, 4.69) is 25.8 Å². The van der Waals surface area contributed by atoms with E-state index < -0.39 is 0 Å². The Labute approximate surface area is 154 Å². The number of halogens is 1. The lowest BCUT2D eigenvalue weighted by molar-refractivity contribution is -0.115. The number of nitrogens with zero attached hydrogens (tertiary/aromatic N) is 4. The van der Waals surface area contributed by atoms with Crippen LogP contribution in [-0.4, -0.2) is 31.1 Å². The molecule has 7 nitrogen and oxygen atoms in total. The van der Waals surface area contributed by atoms with Crippen molar-refractivity contribution < 1.29 is 9.18 Å². The molecule has 0 unspecified atom stereocenters. The molecule has 27 heavy (non-hydrogen) atoms. The summed E-state index contributed by atoms with van der Waals surface area (Å²) >= 11 is 0. The Morgan fingerprint density at radius 3 is 2.85 bits per heavy atom. The van der Waals surface area contributed by atoms with Gasteiger partial charge in [0.05, 0.1) is 12.1 Å². The lowest BCUT2D eigenvalue weighted by Crippen LogP contribution is -2.15. The second kappa shape index (κ2) is 6.64. The quantitative estimate of drug-likeness (QED) is 0.582. The van der Waals surface area contributed by atoms with Gasteiger partial charge in [-0.1, -0.05) is 6.07 Å². The molecule has 0 aliphatic rings. The van der Waals surface area contributed by atoms with Gasteiger partial charge in [-0.05, 0) is 66.2 Å². The molecule has 0 aliphatic heterocycles. The summed E-state index contributed by atoms with van der Waals surface area (Å²) < 4.78 is 15.2. The summed E-state index contributed by atoms with van der Waals surface area (Å²) in [7, 11) is 0. The highest BCUT2D eigenvalue weighted by atomic mass is 19.1. The van der Waals surface area contributed by atoms with Gasteiger partial charge in [0.1, 0.15) is 5.82 Å². The Kier molecular flexibility index (Phi) is 4.15. The Morgan fingerprint density at radius 1 is 1.22 bits per heavy atom. The Bertz CT molecular complexity index is 1150. The highest BCUT2D eigenvalue weighted by molar-refractivity contribution is 5.96. The summed E-state index contributed by atoms with van der Waals surface area (Å²) in [6.07, 6.45) is 0.142. The van der Waals surface area contributed by atoms with Gasteiger partial charge in [0.15, 0.2) is 5.82 Å². The van der Waals surface area contributed by atoms with E-state index in [0.717, 1.165) is 27.8 Å². The number of rotatable bonds is 4. The number of aromatic nitrogens is 5. The fourth-order valence-corrected chi connectivity index (χ4v) is 3.13. The van der Waals surface area contributed by atoms with Crippen molar-refractivity contribution in [3.05, 3.63) is 65.4 Å². The van der Waals surface area contributed by atoms with E-state index in [-0.39, 0.29) is 18.1 Å². The lowest BCUT2D eigenvalue weighted by atomic mass is 10.1. The maximum Gasteiger partial charge on any atom is 0.228 e. The number of nitrogens with one attached hydrogen (secondary N) is 2. The van der Waals surface area contributed by atoms with Crippen LogP contribution in [0.15, 0.2) is 42.5 Å². The molecule has 0 aliphatic carbocycles. The molecule has 4 rings (SSSR count). The zero-order valence-electron chi connectivity index (χ0n) is 14.8. The number of benzene rings is 2. The number of fused-ring (bicyclic) bond motifs is 1. The van der Waals surface area contributed by atoms with Crippen LogP contribution < -0.4 is 5.32 Å². The summed E-state index contributed by atoms with van der Waals surface area (Å²) in [4.78, 5) is 15.7. The fraction of sp³-hybridized carbons (Fsp3) is 0.158. The summed E-state index contributed by atoms with van der Waals surface area (Å²) in [6.45, 7) is 3.67. The Morgan fingerprint density at radius 2 is 2.07 bits per heavy atom. The summed E-state index contributed by atoms with van der Waals surface area (Å²) in [6, 6.07) is 11.8. The molecule has 8 heteroatoms. The number of H-pyrrole nitrogens is 1. The van der Waals surface area contributed by atoms with E-state index in [1.165, 1.54) is 12.1 Å². The number of hydrogen-bond donors (Lipinski definition) is 2. The first kappa shape index (κ1) is 16.9. The van der Waals surface area contributed by atoms with Crippen molar-refractivity contribution in [1.82, 2.24) is 25.2 Å². The number of aromatic amines is 1. The Balaban J connectivity index is 1.56. The third kappa shape index (κ3) is 3.29. The lowest BCUT2D eigenvalue weighted by Gasteiger charge is -2.08. The van der Waals surface area contributed by atoms with Crippen molar-refractivity contribution in [1.29, 1.82) is 0 Å². The van der Waals surface area contributed by atoms with Crippen LogP contribution in [0.1, 0.15) is 17.1 Å². The van der Waals surface area contributed by atoms with Crippen LogP contribution in [0.2, 0.25) is 0 Å². The molecule has 2 aromatic heterocycles. The van der Waals surface area contributed by atoms with Gasteiger partial charge >= 0.3 is 0 Å². The molecule has 0 fully saturated rings. The highest BCUT2D eigenvalue weighted by Gasteiger charge is 2.14.